The number of halogens is 1. The first-order valence-electron chi connectivity index (χ1n) is 7.91. The molecule has 1 aliphatic heterocycles. The van der Waals surface area contributed by atoms with E-state index < -0.39 is 23.8 Å². The van der Waals surface area contributed by atoms with E-state index in [2.05, 4.69) is 0 Å². The van der Waals surface area contributed by atoms with Gasteiger partial charge in [-0.05, 0) is 48.0 Å². The number of hydrogen-bond acceptors (Lipinski definition) is 6. The Morgan fingerprint density at radius 3 is 2.21 bits per heavy atom. The smallest absolute Gasteiger partial charge is 0.343 e. The van der Waals surface area contributed by atoms with E-state index in [1.165, 1.54) is 43.5 Å². The Bertz CT molecular complexity index is 992. The van der Waals surface area contributed by atoms with Crippen molar-refractivity contribution in [2.24, 2.45) is 0 Å². The molecule has 1 fully saturated rings. The second-order valence-corrected chi connectivity index (χ2v) is 6.04. The number of amides is 4. The third kappa shape index (κ3) is 4.18. The van der Waals surface area contributed by atoms with Crippen molar-refractivity contribution in [1.29, 1.82) is 0 Å². The monoisotopic (exact) mass is 400 g/mol. The average molecular weight is 401 g/mol. The van der Waals surface area contributed by atoms with Gasteiger partial charge in [0.25, 0.3) is 11.8 Å². The molecule has 0 unspecified atom stereocenters. The van der Waals surface area contributed by atoms with Crippen LogP contribution in [0, 0.1) is 0 Å². The molecule has 8 nitrogen and oxygen atoms in total. The number of imide groups is 2. The molecule has 0 radical (unpaired) electrons. The fourth-order valence-electron chi connectivity index (χ4n) is 2.38. The Morgan fingerprint density at radius 2 is 1.61 bits per heavy atom. The van der Waals surface area contributed by atoms with E-state index in [0.717, 1.165) is 0 Å². The molecule has 2 aromatic rings. The standard InChI is InChI=1S/C19H13ClN2O6/c1-27-15-9-10(8-13-16(23)21-19(26)22-17(13)24)2-7-14(15)28-18(25)11-3-5-12(20)6-4-11/h2-9H,1H3,(H2,21,22,23,24,26). The summed E-state index contributed by atoms with van der Waals surface area (Å²) in [6.45, 7) is 0. The first-order valence-corrected chi connectivity index (χ1v) is 8.29. The van der Waals surface area contributed by atoms with Gasteiger partial charge in [0.1, 0.15) is 5.57 Å². The summed E-state index contributed by atoms with van der Waals surface area (Å²) in [5, 5.41) is 4.45. The summed E-state index contributed by atoms with van der Waals surface area (Å²) in [5.41, 5.74) is 0.489. The summed E-state index contributed by atoms with van der Waals surface area (Å²) < 4.78 is 10.6. The molecule has 142 valence electrons. The minimum atomic E-state index is -0.880. The molecule has 0 saturated carbocycles. The van der Waals surface area contributed by atoms with Gasteiger partial charge < -0.3 is 9.47 Å². The molecule has 3 rings (SSSR count). The van der Waals surface area contributed by atoms with E-state index >= 15 is 0 Å². The highest BCUT2D eigenvalue weighted by Gasteiger charge is 2.27. The zero-order chi connectivity index (χ0) is 20.3. The molecular weight excluding hydrogens is 388 g/mol. The van der Waals surface area contributed by atoms with Crippen molar-refractivity contribution in [1.82, 2.24) is 10.6 Å². The normalized spacial score (nSPS) is 13.5. The Morgan fingerprint density at radius 1 is 0.964 bits per heavy atom. The van der Waals surface area contributed by atoms with Gasteiger partial charge in [-0.25, -0.2) is 9.59 Å². The summed E-state index contributed by atoms with van der Waals surface area (Å²) in [5.74, 6) is -1.87. The fraction of sp³-hybridized carbons (Fsp3) is 0.0526. The molecular formula is C19H13ClN2O6. The highest BCUT2D eigenvalue weighted by Crippen LogP contribution is 2.30. The van der Waals surface area contributed by atoms with E-state index in [0.29, 0.717) is 16.1 Å². The number of rotatable bonds is 4. The van der Waals surface area contributed by atoms with Crippen LogP contribution in [0.25, 0.3) is 6.08 Å². The van der Waals surface area contributed by atoms with Gasteiger partial charge in [0, 0.05) is 5.02 Å². The average Bonchev–Trinajstić information content (AvgIpc) is 2.66. The number of carbonyl (C=O) groups is 4. The lowest BCUT2D eigenvalue weighted by atomic mass is 10.1. The van der Waals surface area contributed by atoms with Crippen LogP contribution in [0.2, 0.25) is 5.02 Å². The number of ether oxygens (including phenoxy) is 2. The van der Waals surface area contributed by atoms with Gasteiger partial charge in [-0.2, -0.15) is 0 Å². The van der Waals surface area contributed by atoms with Gasteiger partial charge in [0.2, 0.25) is 0 Å². The zero-order valence-electron chi connectivity index (χ0n) is 14.4. The Hall–Kier alpha value is -3.65. The SMILES string of the molecule is COc1cc(C=C2C(=O)NC(=O)NC2=O)ccc1OC(=O)c1ccc(Cl)cc1. The minimum Gasteiger partial charge on any atom is -0.493 e. The molecule has 0 atom stereocenters. The second-order valence-electron chi connectivity index (χ2n) is 5.60. The molecule has 1 saturated heterocycles. The van der Waals surface area contributed by atoms with Crippen molar-refractivity contribution < 1.29 is 28.7 Å². The van der Waals surface area contributed by atoms with Gasteiger partial charge in [-0.15, -0.1) is 0 Å². The zero-order valence-corrected chi connectivity index (χ0v) is 15.2. The lowest BCUT2D eigenvalue weighted by Crippen LogP contribution is -2.51. The van der Waals surface area contributed by atoms with Crippen LogP contribution in [-0.4, -0.2) is 30.9 Å². The summed E-state index contributed by atoms with van der Waals surface area (Å²) in [7, 11) is 1.38. The molecule has 1 heterocycles. The topological polar surface area (TPSA) is 111 Å². The third-order valence-corrected chi connectivity index (χ3v) is 3.98. The lowest BCUT2D eigenvalue weighted by molar-refractivity contribution is -0.123. The van der Waals surface area contributed by atoms with Crippen LogP contribution in [0.4, 0.5) is 4.79 Å². The molecule has 0 aromatic heterocycles. The molecule has 28 heavy (non-hydrogen) atoms. The van der Waals surface area contributed by atoms with Crippen LogP contribution in [0.15, 0.2) is 48.0 Å². The number of carbonyl (C=O) groups excluding carboxylic acids is 4. The van der Waals surface area contributed by atoms with Gasteiger partial charge in [-0.1, -0.05) is 17.7 Å². The maximum atomic E-state index is 12.2. The lowest BCUT2D eigenvalue weighted by Gasteiger charge is -2.14. The molecule has 0 aliphatic carbocycles. The number of hydrogen-bond donors (Lipinski definition) is 2. The molecule has 0 spiro atoms. The quantitative estimate of drug-likeness (QED) is 0.352. The molecule has 2 aromatic carbocycles. The number of nitrogens with one attached hydrogen (secondary N) is 2. The summed E-state index contributed by atoms with van der Waals surface area (Å²) in [6, 6.07) is 9.77. The fourth-order valence-corrected chi connectivity index (χ4v) is 2.50. The number of methoxy groups -OCH3 is 1. The van der Waals surface area contributed by atoms with Gasteiger partial charge in [0.05, 0.1) is 12.7 Å². The number of benzene rings is 2. The van der Waals surface area contributed by atoms with Crippen molar-refractivity contribution in [2.45, 2.75) is 0 Å². The predicted octanol–water partition coefficient (Wildman–Crippen LogP) is 2.32. The third-order valence-electron chi connectivity index (χ3n) is 3.72. The van der Waals surface area contributed by atoms with Crippen molar-refractivity contribution in [3.8, 4) is 11.5 Å². The van der Waals surface area contributed by atoms with Crippen molar-refractivity contribution in [3.05, 3.63) is 64.2 Å². The maximum absolute atomic E-state index is 12.2. The van der Waals surface area contributed by atoms with E-state index in [1.54, 1.807) is 12.1 Å². The number of esters is 1. The maximum Gasteiger partial charge on any atom is 0.343 e. The predicted molar refractivity (Wildman–Crippen MR) is 99.1 cm³/mol. The van der Waals surface area contributed by atoms with E-state index in [9.17, 15) is 19.2 Å². The van der Waals surface area contributed by atoms with Gasteiger partial charge in [-0.3, -0.25) is 20.2 Å². The summed E-state index contributed by atoms with van der Waals surface area (Å²) in [4.78, 5) is 46.9. The minimum absolute atomic E-state index is 0.150. The second kappa shape index (κ2) is 7.93. The van der Waals surface area contributed by atoms with E-state index in [4.69, 9.17) is 21.1 Å². The molecule has 9 heteroatoms. The van der Waals surface area contributed by atoms with E-state index in [1.807, 2.05) is 10.6 Å². The Balaban J connectivity index is 1.84. The van der Waals surface area contributed by atoms with Crippen LogP contribution in [0.5, 0.6) is 11.5 Å². The number of barbiturate groups is 1. The highest BCUT2D eigenvalue weighted by atomic mass is 35.5. The van der Waals surface area contributed by atoms with E-state index in [-0.39, 0.29) is 17.1 Å². The number of urea groups is 1. The summed E-state index contributed by atoms with van der Waals surface area (Å²) in [6.07, 6.45) is 1.28. The van der Waals surface area contributed by atoms with Crippen LogP contribution in [0.1, 0.15) is 15.9 Å². The van der Waals surface area contributed by atoms with Gasteiger partial charge >= 0.3 is 12.0 Å². The van der Waals surface area contributed by atoms with Gasteiger partial charge in [0.15, 0.2) is 11.5 Å². The Labute approximate surface area is 164 Å². The van der Waals surface area contributed by atoms with Crippen LogP contribution in [-0.2, 0) is 9.59 Å². The molecule has 1 aliphatic rings. The highest BCUT2D eigenvalue weighted by molar-refractivity contribution is 6.31. The molecule has 0 bridgehead atoms. The molecule has 2 N–H and O–H groups in total. The van der Waals surface area contributed by atoms with Crippen LogP contribution >= 0.6 is 11.6 Å². The van der Waals surface area contributed by atoms with Crippen LogP contribution < -0.4 is 20.1 Å². The Kier molecular flexibility index (Phi) is 5.42. The summed E-state index contributed by atoms with van der Waals surface area (Å²) >= 11 is 5.80. The van der Waals surface area contributed by atoms with Crippen LogP contribution in [0.3, 0.4) is 0 Å². The van der Waals surface area contributed by atoms with Crippen molar-refractivity contribution >= 4 is 41.5 Å². The first-order chi connectivity index (χ1) is 13.4. The molecule has 4 amide bonds. The largest absolute Gasteiger partial charge is 0.493 e. The van der Waals surface area contributed by atoms with Crippen molar-refractivity contribution in [2.75, 3.05) is 7.11 Å². The van der Waals surface area contributed by atoms with Crippen molar-refractivity contribution in [3.63, 3.8) is 0 Å². The first kappa shape index (κ1) is 19.1.